The molecule has 1 aromatic rings. The molecule has 8 nitrogen and oxygen atoms in total. The fourth-order valence-corrected chi connectivity index (χ4v) is 2.57. The summed E-state index contributed by atoms with van der Waals surface area (Å²) in [6.45, 7) is 1.77. The summed E-state index contributed by atoms with van der Waals surface area (Å²) in [6.07, 6.45) is 1.35. The molecule has 0 spiro atoms. The van der Waals surface area contributed by atoms with Crippen molar-refractivity contribution in [3.05, 3.63) is 42.1 Å². The monoisotopic (exact) mass is 358 g/mol. The number of nitrogens with zero attached hydrogens (tertiary/aromatic N) is 3. The summed E-state index contributed by atoms with van der Waals surface area (Å²) in [5, 5.41) is 7.84. The fraction of sp³-hybridized carbons (Fsp3) is 0.188. The Labute approximate surface area is 148 Å². The van der Waals surface area contributed by atoms with Crippen LogP contribution >= 0.6 is 12.2 Å². The quantitative estimate of drug-likeness (QED) is 0.480. The highest BCUT2D eigenvalue weighted by Gasteiger charge is 2.37. The van der Waals surface area contributed by atoms with Crippen LogP contribution in [0.5, 0.6) is 0 Å². The SMILES string of the molecule is CCOC(=O)C1=NN(c2ccccc2)C(=O)/C1=C/N1CC(=O)NC1=S. The summed E-state index contributed by atoms with van der Waals surface area (Å²) < 4.78 is 4.98. The van der Waals surface area contributed by atoms with Crippen LogP contribution in [0.3, 0.4) is 0 Å². The van der Waals surface area contributed by atoms with Crippen molar-refractivity contribution in [1.82, 2.24) is 10.2 Å². The van der Waals surface area contributed by atoms with E-state index in [1.165, 1.54) is 11.1 Å². The van der Waals surface area contributed by atoms with E-state index in [0.717, 1.165) is 5.01 Å². The average Bonchev–Trinajstić information content (AvgIpc) is 3.09. The lowest BCUT2D eigenvalue weighted by Crippen LogP contribution is -2.28. The van der Waals surface area contributed by atoms with Gasteiger partial charge >= 0.3 is 5.97 Å². The number of para-hydroxylation sites is 1. The van der Waals surface area contributed by atoms with Gasteiger partial charge in [-0.25, -0.2) is 4.79 Å². The molecule has 1 N–H and O–H groups in total. The van der Waals surface area contributed by atoms with Gasteiger partial charge in [0.1, 0.15) is 6.54 Å². The second-order valence-electron chi connectivity index (χ2n) is 5.15. The van der Waals surface area contributed by atoms with E-state index in [1.807, 2.05) is 0 Å². The molecule has 0 aromatic heterocycles. The Hall–Kier alpha value is -3.07. The molecule has 2 aliphatic rings. The molecule has 2 aliphatic heterocycles. The number of ether oxygens (including phenoxy) is 1. The van der Waals surface area contributed by atoms with Crippen LogP contribution in [0.4, 0.5) is 5.69 Å². The van der Waals surface area contributed by atoms with Crippen LogP contribution in [0.25, 0.3) is 0 Å². The molecule has 2 amide bonds. The Morgan fingerprint density at radius 3 is 2.68 bits per heavy atom. The normalized spacial score (nSPS) is 18.7. The third-order valence-corrected chi connectivity index (χ3v) is 3.79. The molecule has 1 saturated heterocycles. The zero-order valence-electron chi connectivity index (χ0n) is 13.3. The highest BCUT2D eigenvalue weighted by molar-refractivity contribution is 7.80. The number of hydrogen-bond acceptors (Lipinski definition) is 6. The Morgan fingerprint density at radius 1 is 1.36 bits per heavy atom. The number of rotatable bonds is 4. The van der Waals surface area contributed by atoms with Crippen molar-refractivity contribution >= 4 is 46.5 Å². The average molecular weight is 358 g/mol. The van der Waals surface area contributed by atoms with Gasteiger partial charge in [0.2, 0.25) is 5.91 Å². The summed E-state index contributed by atoms with van der Waals surface area (Å²) in [6, 6.07) is 8.69. The largest absolute Gasteiger partial charge is 0.461 e. The number of hydrogen-bond donors (Lipinski definition) is 1. The summed E-state index contributed by atoms with van der Waals surface area (Å²) >= 11 is 5.04. The van der Waals surface area contributed by atoms with Gasteiger partial charge in [-0.15, -0.1) is 0 Å². The lowest BCUT2D eigenvalue weighted by atomic mass is 10.1. The van der Waals surface area contributed by atoms with E-state index in [4.69, 9.17) is 17.0 Å². The lowest BCUT2D eigenvalue weighted by Gasteiger charge is -2.13. The second kappa shape index (κ2) is 6.81. The van der Waals surface area contributed by atoms with Gasteiger partial charge in [-0.05, 0) is 31.3 Å². The third kappa shape index (κ3) is 3.26. The zero-order valence-corrected chi connectivity index (χ0v) is 14.1. The van der Waals surface area contributed by atoms with Gasteiger partial charge in [0, 0.05) is 6.20 Å². The van der Waals surface area contributed by atoms with E-state index in [9.17, 15) is 14.4 Å². The number of nitrogens with one attached hydrogen (secondary N) is 1. The number of benzene rings is 1. The number of carbonyl (C=O) groups is 3. The highest BCUT2D eigenvalue weighted by atomic mass is 32.1. The first kappa shape index (κ1) is 16.8. The maximum Gasteiger partial charge on any atom is 0.359 e. The Bertz CT molecular complexity index is 819. The fourth-order valence-electron chi connectivity index (χ4n) is 2.34. The Morgan fingerprint density at radius 2 is 2.08 bits per heavy atom. The van der Waals surface area contributed by atoms with Gasteiger partial charge in [-0.2, -0.15) is 10.1 Å². The van der Waals surface area contributed by atoms with Crippen LogP contribution in [0.15, 0.2) is 47.2 Å². The molecule has 25 heavy (non-hydrogen) atoms. The third-order valence-electron chi connectivity index (χ3n) is 3.45. The summed E-state index contributed by atoms with van der Waals surface area (Å²) in [4.78, 5) is 37.8. The van der Waals surface area contributed by atoms with Gasteiger partial charge in [0.15, 0.2) is 10.8 Å². The smallest absolute Gasteiger partial charge is 0.359 e. The Kier molecular flexibility index (Phi) is 4.57. The van der Waals surface area contributed by atoms with Crippen LogP contribution in [-0.4, -0.2) is 46.7 Å². The van der Waals surface area contributed by atoms with Crippen LogP contribution in [0, 0.1) is 0 Å². The second-order valence-corrected chi connectivity index (χ2v) is 5.53. The first-order valence-corrected chi connectivity index (χ1v) is 7.90. The van der Waals surface area contributed by atoms with E-state index in [2.05, 4.69) is 10.4 Å². The van der Waals surface area contributed by atoms with E-state index in [0.29, 0.717) is 5.69 Å². The van der Waals surface area contributed by atoms with Crippen molar-refractivity contribution in [2.24, 2.45) is 5.10 Å². The number of amides is 2. The van der Waals surface area contributed by atoms with Gasteiger partial charge in [0.05, 0.1) is 17.9 Å². The maximum absolute atomic E-state index is 12.8. The molecule has 2 heterocycles. The summed E-state index contributed by atoms with van der Waals surface area (Å²) in [5.41, 5.74) is 0.398. The first-order valence-electron chi connectivity index (χ1n) is 7.49. The van der Waals surface area contributed by atoms with Crippen molar-refractivity contribution in [3.8, 4) is 0 Å². The number of carbonyl (C=O) groups excluding carboxylic acids is 3. The minimum absolute atomic E-state index is 0.0150. The minimum atomic E-state index is -0.718. The lowest BCUT2D eigenvalue weighted by molar-refractivity contribution is -0.135. The molecule has 0 atom stereocenters. The van der Waals surface area contributed by atoms with Crippen molar-refractivity contribution < 1.29 is 19.1 Å². The molecular formula is C16H14N4O4S. The molecular weight excluding hydrogens is 344 g/mol. The summed E-state index contributed by atoms with van der Waals surface area (Å²) in [7, 11) is 0. The molecule has 0 bridgehead atoms. The van der Waals surface area contributed by atoms with E-state index >= 15 is 0 Å². The maximum atomic E-state index is 12.8. The predicted molar refractivity (Wildman–Crippen MR) is 93.5 cm³/mol. The van der Waals surface area contributed by atoms with Crippen LogP contribution in [0.1, 0.15) is 6.92 Å². The molecule has 0 radical (unpaired) electrons. The molecule has 1 fully saturated rings. The van der Waals surface area contributed by atoms with E-state index in [1.54, 1.807) is 37.3 Å². The number of esters is 1. The topological polar surface area (TPSA) is 91.3 Å². The molecule has 3 rings (SSSR count). The predicted octanol–water partition coefficient (Wildman–Crippen LogP) is 0.553. The molecule has 9 heteroatoms. The van der Waals surface area contributed by atoms with Gasteiger partial charge in [-0.3, -0.25) is 9.59 Å². The number of anilines is 1. The standard InChI is InChI=1S/C16H14N4O4S/c1-2-24-15(23)13-11(8-19-9-12(21)17-16(19)25)14(22)20(18-13)10-6-4-3-5-7-10/h3-8H,2,9H2,1H3,(H,17,21,25)/b11-8+. The Balaban J connectivity index is 1.99. The van der Waals surface area contributed by atoms with Crippen molar-refractivity contribution in [2.75, 3.05) is 18.2 Å². The van der Waals surface area contributed by atoms with E-state index in [-0.39, 0.29) is 35.5 Å². The summed E-state index contributed by atoms with van der Waals surface area (Å²) in [5.74, 6) is -1.51. The minimum Gasteiger partial charge on any atom is -0.461 e. The molecule has 0 saturated carbocycles. The van der Waals surface area contributed by atoms with Crippen molar-refractivity contribution in [2.45, 2.75) is 6.92 Å². The first-order chi connectivity index (χ1) is 12.0. The number of hydrazone groups is 1. The molecule has 0 aliphatic carbocycles. The van der Waals surface area contributed by atoms with Gasteiger partial charge in [-0.1, -0.05) is 18.2 Å². The number of thiocarbonyl (C=S) groups is 1. The van der Waals surface area contributed by atoms with Crippen LogP contribution in [0.2, 0.25) is 0 Å². The van der Waals surface area contributed by atoms with Crippen molar-refractivity contribution in [1.29, 1.82) is 0 Å². The molecule has 0 unspecified atom stereocenters. The molecule has 1 aromatic carbocycles. The van der Waals surface area contributed by atoms with Gasteiger partial charge < -0.3 is 15.0 Å². The van der Waals surface area contributed by atoms with E-state index < -0.39 is 11.9 Å². The van der Waals surface area contributed by atoms with Crippen LogP contribution in [-0.2, 0) is 19.1 Å². The highest BCUT2D eigenvalue weighted by Crippen LogP contribution is 2.24. The zero-order chi connectivity index (χ0) is 18.0. The molecule has 128 valence electrons. The van der Waals surface area contributed by atoms with Gasteiger partial charge in [0.25, 0.3) is 5.91 Å². The van der Waals surface area contributed by atoms with Crippen molar-refractivity contribution in [3.63, 3.8) is 0 Å². The van der Waals surface area contributed by atoms with Crippen LogP contribution < -0.4 is 10.3 Å².